The van der Waals surface area contributed by atoms with Crippen LogP contribution in [0.2, 0.25) is 0 Å². The van der Waals surface area contributed by atoms with Crippen molar-refractivity contribution in [1.82, 2.24) is 4.90 Å². The third kappa shape index (κ3) is 2.87. The van der Waals surface area contributed by atoms with Crippen LogP contribution in [-0.4, -0.2) is 30.0 Å². The molecule has 0 aliphatic carbocycles. The molecule has 1 saturated heterocycles. The van der Waals surface area contributed by atoms with Crippen LogP contribution in [0, 0.1) is 6.92 Å². The molecule has 122 valence electrons. The minimum atomic E-state index is -0.0667. The summed E-state index contributed by atoms with van der Waals surface area (Å²) in [6.45, 7) is 3.30. The predicted octanol–water partition coefficient (Wildman–Crippen LogP) is 4.03. The lowest BCUT2D eigenvalue weighted by atomic mass is 10.2. The number of amides is 1. The molecule has 0 radical (unpaired) electrons. The van der Waals surface area contributed by atoms with Gasteiger partial charge in [0.05, 0.1) is 6.54 Å². The van der Waals surface area contributed by atoms with Gasteiger partial charge >= 0.3 is 0 Å². The molecule has 1 aromatic heterocycles. The van der Waals surface area contributed by atoms with E-state index in [1.54, 1.807) is 4.90 Å². The third-order valence-electron chi connectivity index (χ3n) is 4.36. The molecule has 1 amide bonds. The number of carbonyl (C=O) groups excluding carboxylic acids is 1. The molecule has 1 aliphatic heterocycles. The molecule has 0 saturated carbocycles. The van der Waals surface area contributed by atoms with Crippen LogP contribution >= 0.6 is 0 Å². The van der Waals surface area contributed by atoms with E-state index in [1.807, 2.05) is 61.5 Å². The summed E-state index contributed by atoms with van der Waals surface area (Å²) in [5, 5.41) is 0.967. The van der Waals surface area contributed by atoms with Crippen molar-refractivity contribution in [1.29, 1.82) is 0 Å². The Balaban J connectivity index is 1.46. The van der Waals surface area contributed by atoms with E-state index in [2.05, 4.69) is 0 Å². The van der Waals surface area contributed by atoms with E-state index in [-0.39, 0.29) is 12.0 Å². The Bertz CT molecular complexity index is 869. The van der Waals surface area contributed by atoms with E-state index in [9.17, 15) is 4.79 Å². The molecular weight excluding hydrogens is 302 g/mol. The van der Waals surface area contributed by atoms with Crippen molar-refractivity contribution in [3.05, 3.63) is 65.9 Å². The zero-order chi connectivity index (χ0) is 16.5. The Labute approximate surface area is 140 Å². The van der Waals surface area contributed by atoms with Gasteiger partial charge in [-0.05, 0) is 37.3 Å². The fourth-order valence-corrected chi connectivity index (χ4v) is 3.12. The molecular formula is C20H19NO3. The van der Waals surface area contributed by atoms with Gasteiger partial charge in [0.1, 0.15) is 17.4 Å². The Morgan fingerprint density at radius 2 is 2.00 bits per heavy atom. The highest BCUT2D eigenvalue weighted by Crippen LogP contribution is 2.24. The van der Waals surface area contributed by atoms with Gasteiger partial charge in [0, 0.05) is 18.4 Å². The second-order valence-corrected chi connectivity index (χ2v) is 6.24. The van der Waals surface area contributed by atoms with Crippen molar-refractivity contribution in [2.45, 2.75) is 19.4 Å². The van der Waals surface area contributed by atoms with Crippen LogP contribution in [-0.2, 0) is 0 Å². The standard InChI is InChI=1S/C20H19NO3/c1-14-7-8-18-15(11-14)12-19(24-18)20(22)21-10-9-17(13-21)23-16-5-3-2-4-6-16/h2-8,11-12,17H,9-10,13H2,1H3. The van der Waals surface area contributed by atoms with Gasteiger partial charge in [0.2, 0.25) is 0 Å². The third-order valence-corrected chi connectivity index (χ3v) is 4.36. The lowest BCUT2D eigenvalue weighted by Gasteiger charge is -2.16. The maximum absolute atomic E-state index is 12.7. The molecule has 2 heterocycles. The lowest BCUT2D eigenvalue weighted by Crippen LogP contribution is -2.30. The highest BCUT2D eigenvalue weighted by Gasteiger charge is 2.30. The molecule has 1 aliphatic rings. The number of benzene rings is 2. The number of aryl methyl sites for hydroxylation is 1. The fraction of sp³-hybridized carbons (Fsp3) is 0.250. The number of fused-ring (bicyclic) bond motifs is 1. The quantitative estimate of drug-likeness (QED) is 0.731. The van der Waals surface area contributed by atoms with Crippen LogP contribution in [0.15, 0.2) is 59.0 Å². The average Bonchev–Trinajstić information content (AvgIpc) is 3.21. The van der Waals surface area contributed by atoms with Crippen LogP contribution in [0.25, 0.3) is 11.0 Å². The topological polar surface area (TPSA) is 42.7 Å². The number of likely N-dealkylation sites (tertiary alicyclic amines) is 1. The minimum absolute atomic E-state index is 0.0305. The van der Waals surface area contributed by atoms with Crippen LogP contribution in [0.5, 0.6) is 5.75 Å². The number of carbonyl (C=O) groups is 1. The van der Waals surface area contributed by atoms with E-state index < -0.39 is 0 Å². The first-order valence-electron chi connectivity index (χ1n) is 8.20. The Kier molecular flexibility index (Phi) is 3.73. The molecule has 2 aromatic carbocycles. The van der Waals surface area contributed by atoms with Gasteiger partial charge in [-0.3, -0.25) is 4.79 Å². The molecule has 24 heavy (non-hydrogen) atoms. The first kappa shape index (κ1) is 14.8. The van der Waals surface area contributed by atoms with Crippen molar-refractivity contribution >= 4 is 16.9 Å². The molecule has 1 fully saturated rings. The zero-order valence-corrected chi connectivity index (χ0v) is 13.6. The van der Waals surface area contributed by atoms with Gasteiger partial charge in [-0.25, -0.2) is 0 Å². The van der Waals surface area contributed by atoms with Gasteiger partial charge in [-0.1, -0.05) is 29.8 Å². The SMILES string of the molecule is Cc1ccc2oc(C(=O)N3CCC(Oc4ccccc4)C3)cc2c1. The largest absolute Gasteiger partial charge is 0.489 e. The van der Waals surface area contributed by atoms with Crippen molar-refractivity contribution < 1.29 is 13.9 Å². The summed E-state index contributed by atoms with van der Waals surface area (Å²) in [6.07, 6.45) is 0.864. The van der Waals surface area contributed by atoms with Gasteiger partial charge in [0.15, 0.2) is 5.76 Å². The zero-order valence-electron chi connectivity index (χ0n) is 13.6. The minimum Gasteiger partial charge on any atom is -0.489 e. The Morgan fingerprint density at radius 1 is 1.17 bits per heavy atom. The first-order valence-corrected chi connectivity index (χ1v) is 8.20. The first-order chi connectivity index (χ1) is 11.7. The van der Waals surface area contributed by atoms with Crippen molar-refractivity contribution in [3.63, 3.8) is 0 Å². The summed E-state index contributed by atoms with van der Waals surface area (Å²) >= 11 is 0. The summed E-state index contributed by atoms with van der Waals surface area (Å²) in [5.74, 6) is 1.18. The summed E-state index contributed by atoms with van der Waals surface area (Å²) in [5.41, 5.74) is 1.90. The second kappa shape index (κ2) is 6.04. The molecule has 3 aromatic rings. The predicted molar refractivity (Wildman–Crippen MR) is 92.3 cm³/mol. The monoisotopic (exact) mass is 321 g/mol. The van der Waals surface area contributed by atoms with Gasteiger partial charge in [-0.2, -0.15) is 0 Å². The molecule has 0 bridgehead atoms. The number of ether oxygens (including phenoxy) is 1. The van der Waals surface area contributed by atoms with Gasteiger partial charge < -0.3 is 14.1 Å². The van der Waals surface area contributed by atoms with Gasteiger partial charge in [0.25, 0.3) is 5.91 Å². The summed E-state index contributed by atoms with van der Waals surface area (Å²) in [6, 6.07) is 17.5. The van der Waals surface area contributed by atoms with E-state index in [1.165, 1.54) is 0 Å². The van der Waals surface area contributed by atoms with Crippen LogP contribution in [0.3, 0.4) is 0 Å². The van der Waals surface area contributed by atoms with Crippen molar-refractivity contribution in [2.75, 3.05) is 13.1 Å². The second-order valence-electron chi connectivity index (χ2n) is 6.24. The number of hydrogen-bond acceptors (Lipinski definition) is 3. The number of furan rings is 1. The summed E-state index contributed by atoms with van der Waals surface area (Å²) in [7, 11) is 0. The van der Waals surface area contributed by atoms with E-state index >= 15 is 0 Å². The number of para-hydroxylation sites is 1. The average molecular weight is 321 g/mol. The maximum Gasteiger partial charge on any atom is 0.289 e. The number of nitrogens with zero attached hydrogens (tertiary/aromatic N) is 1. The molecule has 4 rings (SSSR count). The highest BCUT2D eigenvalue weighted by molar-refractivity contribution is 5.96. The van der Waals surface area contributed by atoms with Crippen LogP contribution in [0.4, 0.5) is 0 Å². The van der Waals surface area contributed by atoms with Crippen molar-refractivity contribution in [2.24, 2.45) is 0 Å². The van der Waals surface area contributed by atoms with Crippen LogP contribution < -0.4 is 4.74 Å². The number of hydrogen-bond donors (Lipinski definition) is 0. The maximum atomic E-state index is 12.7. The highest BCUT2D eigenvalue weighted by atomic mass is 16.5. The molecule has 0 spiro atoms. The molecule has 4 nitrogen and oxygen atoms in total. The molecule has 1 unspecified atom stereocenters. The van der Waals surface area contributed by atoms with Gasteiger partial charge in [-0.15, -0.1) is 0 Å². The normalized spacial score (nSPS) is 17.4. The smallest absolute Gasteiger partial charge is 0.289 e. The van der Waals surface area contributed by atoms with E-state index in [0.717, 1.165) is 28.7 Å². The van der Waals surface area contributed by atoms with Crippen LogP contribution in [0.1, 0.15) is 22.5 Å². The summed E-state index contributed by atoms with van der Waals surface area (Å²) in [4.78, 5) is 14.5. The summed E-state index contributed by atoms with van der Waals surface area (Å²) < 4.78 is 11.7. The molecule has 1 atom stereocenters. The fourth-order valence-electron chi connectivity index (χ4n) is 3.12. The Hall–Kier alpha value is -2.75. The Morgan fingerprint density at radius 3 is 2.83 bits per heavy atom. The lowest BCUT2D eigenvalue weighted by molar-refractivity contribution is 0.0743. The van der Waals surface area contributed by atoms with E-state index in [0.29, 0.717) is 18.8 Å². The van der Waals surface area contributed by atoms with E-state index in [4.69, 9.17) is 9.15 Å². The molecule has 0 N–H and O–H groups in total. The molecule has 4 heteroatoms. The van der Waals surface area contributed by atoms with Crippen molar-refractivity contribution in [3.8, 4) is 5.75 Å². The number of rotatable bonds is 3.